The van der Waals surface area contributed by atoms with Crippen LogP contribution in [0, 0.1) is 6.92 Å². The molecule has 0 aliphatic carbocycles. The zero-order valence-corrected chi connectivity index (χ0v) is 15.8. The maximum atomic E-state index is 12.8. The normalized spacial score (nSPS) is 11.7. The lowest BCUT2D eigenvalue weighted by atomic mass is 9.98. The van der Waals surface area contributed by atoms with Crippen molar-refractivity contribution in [2.75, 3.05) is 19.5 Å². The van der Waals surface area contributed by atoms with Gasteiger partial charge in [0.15, 0.2) is 0 Å². The van der Waals surface area contributed by atoms with E-state index in [1.807, 2.05) is 36.7 Å². The molecule has 0 radical (unpaired) electrons. The van der Waals surface area contributed by atoms with Crippen molar-refractivity contribution in [3.8, 4) is 11.5 Å². The number of methoxy groups -OCH3 is 2. The van der Waals surface area contributed by atoms with Gasteiger partial charge in [-0.3, -0.25) is 4.79 Å². The summed E-state index contributed by atoms with van der Waals surface area (Å²) in [5, 5.41) is 2.96. The summed E-state index contributed by atoms with van der Waals surface area (Å²) >= 11 is 0. The van der Waals surface area contributed by atoms with Crippen molar-refractivity contribution in [1.29, 1.82) is 0 Å². The zero-order valence-electron chi connectivity index (χ0n) is 15.8. The molecule has 0 unspecified atom stereocenters. The molecule has 5 nitrogen and oxygen atoms in total. The first-order chi connectivity index (χ1) is 13.1. The van der Waals surface area contributed by atoms with Gasteiger partial charge >= 0.3 is 0 Å². The summed E-state index contributed by atoms with van der Waals surface area (Å²) in [5.74, 6) is 1.18. The summed E-state index contributed by atoms with van der Waals surface area (Å²) in [7, 11) is 3.17. The fraction of sp³-hybridized carbons (Fsp3) is 0.227. The Kier molecular flexibility index (Phi) is 5.81. The highest BCUT2D eigenvalue weighted by molar-refractivity contribution is 5.91. The van der Waals surface area contributed by atoms with Gasteiger partial charge in [-0.25, -0.2) is 0 Å². The Bertz CT molecular complexity index is 881. The fourth-order valence-corrected chi connectivity index (χ4v) is 3.16. The topological polar surface area (TPSA) is 52.5 Å². The molecule has 1 amide bonds. The number of carbonyl (C=O) groups excluding carboxylic acids is 1. The molecule has 0 spiro atoms. The fourth-order valence-electron chi connectivity index (χ4n) is 3.16. The number of benzene rings is 2. The maximum Gasteiger partial charge on any atom is 0.226 e. The Morgan fingerprint density at radius 3 is 2.22 bits per heavy atom. The Balaban J connectivity index is 1.83. The van der Waals surface area contributed by atoms with Crippen LogP contribution in [0.1, 0.15) is 23.6 Å². The van der Waals surface area contributed by atoms with Crippen molar-refractivity contribution >= 4 is 11.6 Å². The van der Waals surface area contributed by atoms with E-state index in [4.69, 9.17) is 9.47 Å². The predicted octanol–water partition coefficient (Wildman–Crippen LogP) is 4.43. The average Bonchev–Trinajstić information content (AvgIpc) is 3.21. The molecule has 3 rings (SSSR count). The summed E-state index contributed by atoms with van der Waals surface area (Å²) in [6, 6.07) is 17.3. The molecule has 0 aliphatic heterocycles. The third-order valence-corrected chi connectivity index (χ3v) is 4.55. The molecule has 1 atom stereocenters. The van der Waals surface area contributed by atoms with Gasteiger partial charge in [-0.05, 0) is 30.2 Å². The van der Waals surface area contributed by atoms with E-state index < -0.39 is 0 Å². The summed E-state index contributed by atoms with van der Waals surface area (Å²) < 4.78 is 12.6. The van der Waals surface area contributed by atoms with E-state index >= 15 is 0 Å². The van der Waals surface area contributed by atoms with E-state index in [0.717, 1.165) is 11.1 Å². The molecule has 1 N–H and O–H groups in total. The van der Waals surface area contributed by atoms with Crippen molar-refractivity contribution in [1.82, 2.24) is 4.57 Å². The number of hydrogen-bond acceptors (Lipinski definition) is 3. The first-order valence-corrected chi connectivity index (χ1v) is 8.81. The summed E-state index contributed by atoms with van der Waals surface area (Å²) in [6.07, 6.45) is 4.29. The van der Waals surface area contributed by atoms with Gasteiger partial charge in [-0.15, -0.1) is 0 Å². The van der Waals surface area contributed by atoms with Crippen LogP contribution in [0.5, 0.6) is 11.5 Å². The highest BCUT2D eigenvalue weighted by atomic mass is 16.5. The van der Waals surface area contributed by atoms with Gasteiger partial charge in [-0.1, -0.05) is 24.3 Å². The van der Waals surface area contributed by atoms with Crippen LogP contribution in [0.15, 0.2) is 67.0 Å². The zero-order chi connectivity index (χ0) is 19.2. The number of carbonyl (C=O) groups is 1. The molecule has 27 heavy (non-hydrogen) atoms. The third-order valence-electron chi connectivity index (χ3n) is 4.55. The molecular formula is C22H24N2O3. The number of ether oxygens (including phenoxy) is 2. The van der Waals surface area contributed by atoms with Gasteiger partial charge in [-0.2, -0.15) is 0 Å². The number of amides is 1. The van der Waals surface area contributed by atoms with Crippen molar-refractivity contribution < 1.29 is 14.3 Å². The lowest BCUT2D eigenvalue weighted by Gasteiger charge is -2.21. The summed E-state index contributed by atoms with van der Waals surface area (Å²) in [4.78, 5) is 12.8. The van der Waals surface area contributed by atoms with Crippen LogP contribution in [0.3, 0.4) is 0 Å². The van der Waals surface area contributed by atoms with Crippen LogP contribution < -0.4 is 14.8 Å². The minimum Gasteiger partial charge on any atom is -0.497 e. The average molecular weight is 364 g/mol. The van der Waals surface area contributed by atoms with Crippen LogP contribution in [0.25, 0.3) is 0 Å². The first-order valence-electron chi connectivity index (χ1n) is 8.81. The molecular weight excluding hydrogens is 340 g/mol. The second-order valence-corrected chi connectivity index (χ2v) is 6.36. The minimum absolute atomic E-state index is 0.0753. The third kappa shape index (κ3) is 4.50. The SMILES string of the molecule is COc1cc(NC(=O)C[C@H](c2ccccc2C)n2cccc2)cc(OC)c1. The number of aryl methyl sites for hydroxylation is 1. The van der Waals surface area contributed by atoms with Gasteiger partial charge in [0.25, 0.3) is 0 Å². The number of hydrogen-bond donors (Lipinski definition) is 1. The van der Waals surface area contributed by atoms with Gasteiger partial charge in [0, 0.05) is 36.3 Å². The summed E-state index contributed by atoms with van der Waals surface area (Å²) in [6.45, 7) is 2.07. The predicted molar refractivity (Wildman–Crippen MR) is 107 cm³/mol. The van der Waals surface area contributed by atoms with E-state index in [2.05, 4.69) is 28.9 Å². The largest absolute Gasteiger partial charge is 0.497 e. The van der Waals surface area contributed by atoms with E-state index in [1.165, 1.54) is 0 Å². The van der Waals surface area contributed by atoms with Crippen LogP contribution in [0.2, 0.25) is 0 Å². The van der Waals surface area contributed by atoms with E-state index in [0.29, 0.717) is 23.6 Å². The number of aromatic nitrogens is 1. The van der Waals surface area contributed by atoms with Crippen molar-refractivity contribution in [2.45, 2.75) is 19.4 Å². The van der Waals surface area contributed by atoms with Crippen LogP contribution in [-0.4, -0.2) is 24.7 Å². The second kappa shape index (κ2) is 8.45. The molecule has 0 bridgehead atoms. The Labute approximate surface area is 159 Å². The molecule has 1 aromatic heterocycles. The molecule has 140 valence electrons. The number of anilines is 1. The van der Waals surface area contributed by atoms with Gasteiger partial charge in [0.2, 0.25) is 5.91 Å². The molecule has 2 aromatic carbocycles. The molecule has 0 saturated carbocycles. The van der Waals surface area contributed by atoms with E-state index in [1.54, 1.807) is 32.4 Å². The number of nitrogens with one attached hydrogen (secondary N) is 1. The standard InChI is InChI=1S/C22H24N2O3/c1-16-8-4-5-9-20(16)21(24-10-6-7-11-24)15-22(25)23-17-12-18(26-2)14-19(13-17)27-3/h4-14,21H,15H2,1-3H3,(H,23,25)/t21-/m1/s1. The Morgan fingerprint density at radius 2 is 1.63 bits per heavy atom. The lowest BCUT2D eigenvalue weighted by molar-refractivity contribution is -0.116. The quantitative estimate of drug-likeness (QED) is 0.675. The van der Waals surface area contributed by atoms with E-state index in [-0.39, 0.29) is 11.9 Å². The van der Waals surface area contributed by atoms with Crippen molar-refractivity contribution in [3.63, 3.8) is 0 Å². The van der Waals surface area contributed by atoms with Gasteiger partial charge in [0.1, 0.15) is 11.5 Å². The molecule has 0 saturated heterocycles. The molecule has 5 heteroatoms. The van der Waals surface area contributed by atoms with Crippen molar-refractivity contribution in [3.05, 3.63) is 78.1 Å². The monoisotopic (exact) mass is 364 g/mol. The van der Waals surface area contributed by atoms with Gasteiger partial charge in [0.05, 0.1) is 26.7 Å². The van der Waals surface area contributed by atoms with Crippen molar-refractivity contribution in [2.24, 2.45) is 0 Å². The van der Waals surface area contributed by atoms with Gasteiger partial charge < -0.3 is 19.4 Å². The highest BCUT2D eigenvalue weighted by Crippen LogP contribution is 2.28. The van der Waals surface area contributed by atoms with Crippen LogP contribution in [0.4, 0.5) is 5.69 Å². The number of nitrogens with zero attached hydrogens (tertiary/aromatic N) is 1. The molecule has 3 aromatic rings. The maximum absolute atomic E-state index is 12.8. The molecule has 1 heterocycles. The van der Waals surface area contributed by atoms with Crippen LogP contribution in [-0.2, 0) is 4.79 Å². The van der Waals surface area contributed by atoms with Crippen LogP contribution >= 0.6 is 0 Å². The first kappa shape index (κ1) is 18.6. The number of rotatable bonds is 7. The van der Waals surface area contributed by atoms with E-state index in [9.17, 15) is 4.79 Å². The molecule has 0 fully saturated rings. The summed E-state index contributed by atoms with van der Waals surface area (Å²) in [5.41, 5.74) is 2.94. The second-order valence-electron chi connectivity index (χ2n) is 6.36. The minimum atomic E-state index is -0.0766. The Morgan fingerprint density at radius 1 is 1.00 bits per heavy atom. The molecule has 0 aliphatic rings. The highest BCUT2D eigenvalue weighted by Gasteiger charge is 2.19. The Hall–Kier alpha value is -3.21. The lowest BCUT2D eigenvalue weighted by Crippen LogP contribution is -2.20. The smallest absolute Gasteiger partial charge is 0.226 e.